The average molecular weight is 752 g/mol. The maximum absolute atomic E-state index is 10.1. The third-order valence-electron chi connectivity index (χ3n) is 12.1. The summed E-state index contributed by atoms with van der Waals surface area (Å²) in [5, 5.41) is 14.7. The number of benzene rings is 12. The van der Waals surface area contributed by atoms with Crippen LogP contribution in [-0.4, -0.2) is 0 Å². The molecule has 12 aromatic rings. The van der Waals surface area contributed by atoms with E-state index in [4.69, 9.17) is 0 Å². The lowest BCUT2D eigenvalue weighted by Crippen LogP contribution is -2.10. The quantitative estimate of drug-likeness (QED) is 0.158. The molecule has 0 aliphatic rings. The summed E-state index contributed by atoms with van der Waals surface area (Å²) in [6.45, 7) is 0. The summed E-state index contributed by atoms with van der Waals surface area (Å²) in [6, 6.07) is 68.1. The van der Waals surface area contributed by atoms with Crippen LogP contribution in [0.2, 0.25) is 0 Å². The topological polar surface area (TPSA) is 3.24 Å². The van der Waals surface area contributed by atoms with Crippen LogP contribution in [0.15, 0.2) is 224 Å². The molecule has 0 aliphatic heterocycles. The molecule has 1 heteroatoms. The summed E-state index contributed by atoms with van der Waals surface area (Å²) in [5.41, 5.74) is 4.46. The highest BCUT2D eigenvalue weighted by atomic mass is 15.1. The van der Waals surface area contributed by atoms with E-state index in [1.54, 1.807) is 0 Å². The molecule has 0 amide bonds. The Morgan fingerprint density at radius 2 is 0.678 bits per heavy atom. The second-order valence-corrected chi connectivity index (χ2v) is 15.2. The Bertz CT molecular complexity index is 3790. The van der Waals surface area contributed by atoms with Crippen LogP contribution in [0.5, 0.6) is 0 Å². The van der Waals surface area contributed by atoms with Gasteiger partial charge in [-0.2, -0.15) is 0 Å². The second-order valence-electron chi connectivity index (χ2n) is 15.2. The first kappa shape index (κ1) is 29.5. The van der Waals surface area contributed by atoms with Crippen molar-refractivity contribution in [2.24, 2.45) is 0 Å². The minimum atomic E-state index is -0.122. The highest BCUT2D eigenvalue weighted by Gasteiger charge is 2.21. The Balaban J connectivity index is 1.21. The fourth-order valence-corrected chi connectivity index (χ4v) is 9.49. The van der Waals surface area contributed by atoms with E-state index in [-0.39, 0.29) is 35.4 Å². The van der Waals surface area contributed by atoms with Gasteiger partial charge in [-0.05, 0) is 123 Å². The van der Waals surface area contributed by atoms with Crippen LogP contribution in [0, 0.1) is 0 Å². The summed E-state index contributed by atoms with van der Waals surface area (Å²) in [5.74, 6) is 0. The average Bonchev–Trinajstić information content (AvgIpc) is 3.35. The highest BCUT2D eigenvalue weighted by Crippen LogP contribution is 2.47. The van der Waals surface area contributed by atoms with Crippen LogP contribution in [-0.2, 0) is 0 Å². The van der Waals surface area contributed by atoms with E-state index in [1.807, 2.05) is 77.7 Å². The van der Waals surface area contributed by atoms with E-state index in [1.165, 1.54) is 5.39 Å². The molecule has 1 nitrogen and oxygen atoms in total. The Kier molecular flexibility index (Phi) is 6.72. The molecular weight excluding hydrogens is 711 g/mol. The molecule has 0 saturated carbocycles. The molecule has 12 aromatic carbocycles. The van der Waals surface area contributed by atoms with Crippen LogP contribution in [0.3, 0.4) is 0 Å². The minimum Gasteiger partial charge on any atom is -0.310 e. The molecule has 0 aliphatic carbocycles. The fraction of sp³-hybridized carbons (Fsp3) is 0. The predicted molar refractivity (Wildman–Crippen MR) is 255 cm³/mol. The van der Waals surface area contributed by atoms with E-state index in [9.17, 15) is 5.48 Å². The van der Waals surface area contributed by atoms with Gasteiger partial charge in [-0.25, -0.2) is 0 Å². The first-order chi connectivity index (χ1) is 31.0. The molecule has 274 valence electrons. The lowest BCUT2D eigenvalue weighted by molar-refractivity contribution is 1.31. The van der Waals surface area contributed by atoms with Crippen molar-refractivity contribution in [3.05, 3.63) is 224 Å². The first-order valence-electron chi connectivity index (χ1n) is 22.1. The Hall–Kier alpha value is -7.74. The summed E-state index contributed by atoms with van der Waals surface area (Å²) >= 11 is 0. The molecule has 0 atom stereocenters. The van der Waals surface area contributed by atoms with Gasteiger partial charge >= 0.3 is 0 Å². The van der Waals surface area contributed by atoms with Gasteiger partial charge < -0.3 is 4.90 Å². The van der Waals surface area contributed by atoms with Crippen molar-refractivity contribution in [1.29, 1.82) is 0 Å². The molecule has 0 saturated heterocycles. The molecule has 0 spiro atoms. The van der Waals surface area contributed by atoms with Crippen molar-refractivity contribution in [3.63, 3.8) is 0 Å². The standard InChI is InChI=1S/C58H37N/c1-2-16-38(17-3-1)57-53-28-14-11-24-48(53)49-25-12-15-29-54(49)58(57)39-30-32-41(33-31-39)59(56-36-40-18-4-5-19-43(40)44-20-10-13-27-52(44)56)42-34-35-51-47-23-7-6-21-45(47)46-22-8-9-26-50(46)55(51)37-42/h1-37H/i30D,31D,32D,33D. The molecule has 0 N–H and O–H groups in total. The Morgan fingerprint density at radius 3 is 1.25 bits per heavy atom. The van der Waals surface area contributed by atoms with E-state index in [0.29, 0.717) is 5.56 Å². The molecule has 0 radical (unpaired) electrons. The monoisotopic (exact) mass is 751 g/mol. The van der Waals surface area contributed by atoms with Gasteiger partial charge in [-0.3, -0.25) is 0 Å². The number of fused-ring (bicyclic) bond motifs is 12. The largest absolute Gasteiger partial charge is 0.310 e. The maximum Gasteiger partial charge on any atom is 0.0645 e. The van der Waals surface area contributed by atoms with E-state index in [2.05, 4.69) is 127 Å². The zero-order valence-electron chi connectivity index (χ0n) is 36.0. The highest BCUT2D eigenvalue weighted by molar-refractivity contribution is 6.26. The Morgan fingerprint density at radius 1 is 0.271 bits per heavy atom. The smallest absolute Gasteiger partial charge is 0.0645 e. The zero-order chi connectivity index (χ0) is 42.3. The molecule has 0 heterocycles. The van der Waals surface area contributed by atoms with Gasteiger partial charge in [0, 0.05) is 16.8 Å². The van der Waals surface area contributed by atoms with Gasteiger partial charge in [0.25, 0.3) is 0 Å². The number of hydrogen-bond donors (Lipinski definition) is 0. The van der Waals surface area contributed by atoms with Crippen molar-refractivity contribution >= 4 is 92.5 Å². The summed E-state index contributed by atoms with van der Waals surface area (Å²) < 4.78 is 40.4. The zero-order valence-corrected chi connectivity index (χ0v) is 32.0. The molecule has 59 heavy (non-hydrogen) atoms. The molecular formula is C58H37N. The van der Waals surface area contributed by atoms with Gasteiger partial charge in [0.15, 0.2) is 0 Å². The molecule has 0 unspecified atom stereocenters. The number of hydrogen-bond acceptors (Lipinski definition) is 1. The van der Waals surface area contributed by atoms with Gasteiger partial charge in [0.1, 0.15) is 0 Å². The van der Waals surface area contributed by atoms with E-state index < -0.39 is 0 Å². The van der Waals surface area contributed by atoms with Gasteiger partial charge in [-0.1, -0.05) is 194 Å². The van der Waals surface area contributed by atoms with Crippen molar-refractivity contribution in [3.8, 4) is 22.3 Å². The molecule has 0 aromatic heterocycles. The van der Waals surface area contributed by atoms with E-state index >= 15 is 0 Å². The van der Waals surface area contributed by atoms with Crippen molar-refractivity contribution in [2.75, 3.05) is 4.90 Å². The normalized spacial score (nSPS) is 12.7. The third-order valence-corrected chi connectivity index (χ3v) is 12.1. The van der Waals surface area contributed by atoms with Crippen molar-refractivity contribution in [2.45, 2.75) is 0 Å². The van der Waals surface area contributed by atoms with Crippen molar-refractivity contribution < 1.29 is 5.48 Å². The fourth-order valence-electron chi connectivity index (χ4n) is 9.49. The van der Waals surface area contributed by atoms with Crippen LogP contribution in [0.1, 0.15) is 5.48 Å². The second kappa shape index (κ2) is 13.4. The summed E-state index contributed by atoms with van der Waals surface area (Å²) in [6.07, 6.45) is 0. The maximum atomic E-state index is 10.1. The van der Waals surface area contributed by atoms with E-state index in [0.717, 1.165) is 92.5 Å². The molecule has 0 fully saturated rings. The van der Waals surface area contributed by atoms with Crippen LogP contribution >= 0.6 is 0 Å². The number of rotatable bonds is 5. The SMILES string of the molecule is [2H]c1c([2H])c(N(c2ccc3c4ccccc4c4ccccc4c3c2)c2cc3ccccc3c3ccccc23)c([2H])c([2H])c1-c1c(-c2ccccc2)c2ccccc2c2ccccc12. The number of anilines is 3. The lowest BCUT2D eigenvalue weighted by atomic mass is 9.85. The minimum absolute atomic E-state index is 0.101. The number of nitrogens with zero attached hydrogens (tertiary/aromatic N) is 1. The predicted octanol–water partition coefficient (Wildman–Crippen LogP) is 16.6. The summed E-state index contributed by atoms with van der Waals surface area (Å²) in [7, 11) is 0. The van der Waals surface area contributed by atoms with Gasteiger partial charge in [0.05, 0.1) is 11.2 Å². The molecule has 0 bridgehead atoms. The first-order valence-corrected chi connectivity index (χ1v) is 20.1. The van der Waals surface area contributed by atoms with Gasteiger partial charge in [-0.15, -0.1) is 0 Å². The lowest BCUT2D eigenvalue weighted by Gasteiger charge is -2.28. The van der Waals surface area contributed by atoms with Crippen LogP contribution in [0.25, 0.3) is 97.7 Å². The summed E-state index contributed by atoms with van der Waals surface area (Å²) in [4.78, 5) is 1.97. The van der Waals surface area contributed by atoms with Crippen LogP contribution in [0.4, 0.5) is 17.1 Å². The van der Waals surface area contributed by atoms with Crippen molar-refractivity contribution in [1.82, 2.24) is 0 Å². The van der Waals surface area contributed by atoms with Gasteiger partial charge in [0.2, 0.25) is 0 Å². The molecule has 12 rings (SSSR count). The van der Waals surface area contributed by atoms with Crippen LogP contribution < -0.4 is 4.90 Å². The third kappa shape index (κ3) is 5.25. The Labute approximate surface area is 348 Å².